The molecule has 5 heteroatoms. The fourth-order valence-corrected chi connectivity index (χ4v) is 1.01. The molecule has 0 aromatic heterocycles. The highest BCUT2D eigenvalue weighted by atomic mass is 79.9. The lowest BCUT2D eigenvalue weighted by atomic mass is 10.3. The summed E-state index contributed by atoms with van der Waals surface area (Å²) < 4.78 is 3.07. The maximum Gasteiger partial charge on any atom is 0.284 e. The minimum Gasteiger partial charge on any atom is -0.456 e. The van der Waals surface area contributed by atoms with Crippen molar-refractivity contribution >= 4 is 50.7 Å². The van der Waals surface area contributed by atoms with Gasteiger partial charge in [-0.05, 0) is 12.1 Å². The molecule has 0 amide bonds. The van der Waals surface area contributed by atoms with Gasteiger partial charge in [0.05, 0.1) is 0 Å². The third-order valence-electron chi connectivity index (χ3n) is 1.25. The third kappa shape index (κ3) is 3.55. The minimum atomic E-state index is -1.47. The molecule has 1 unspecified atom stereocenters. The third-order valence-corrected chi connectivity index (χ3v) is 3.54. The summed E-state index contributed by atoms with van der Waals surface area (Å²) in [6.45, 7) is 0. The van der Waals surface area contributed by atoms with Gasteiger partial charge in [0, 0.05) is 0 Å². The molecule has 1 rings (SSSR count). The summed E-state index contributed by atoms with van der Waals surface area (Å²) in [5, 5.41) is 0. The number of hydrogen-bond acceptors (Lipinski definition) is 1. The second kappa shape index (κ2) is 4.74. The van der Waals surface area contributed by atoms with E-state index in [-0.39, 0.29) is 0 Å². The number of rotatable bonds is 3. The summed E-state index contributed by atoms with van der Waals surface area (Å²) in [4.78, 5) is 0. The first-order chi connectivity index (χ1) is 6.02. The number of hydrogen-bond donors (Lipinski definition) is 0. The number of alkyl halides is 4. The molecule has 1 aromatic rings. The first kappa shape index (κ1) is 11.4. The van der Waals surface area contributed by atoms with Crippen molar-refractivity contribution < 1.29 is 4.74 Å². The lowest BCUT2D eigenvalue weighted by Gasteiger charge is -2.22. The minimum absolute atomic E-state index is 0.567. The van der Waals surface area contributed by atoms with Crippen molar-refractivity contribution in [3.63, 3.8) is 0 Å². The quantitative estimate of drug-likeness (QED) is 0.762. The maximum absolute atomic E-state index is 5.77. The molecule has 0 radical (unpaired) electrons. The van der Waals surface area contributed by atoms with Gasteiger partial charge in [0.15, 0.2) is 4.29 Å². The van der Waals surface area contributed by atoms with Gasteiger partial charge in [0.2, 0.25) is 0 Å². The van der Waals surface area contributed by atoms with Crippen LogP contribution in [0.2, 0.25) is 0 Å². The zero-order valence-electron chi connectivity index (χ0n) is 6.38. The molecule has 0 aliphatic rings. The summed E-state index contributed by atoms with van der Waals surface area (Å²) in [5.41, 5.74) is 0. The first-order valence-electron chi connectivity index (χ1n) is 3.42. The maximum atomic E-state index is 5.77. The summed E-state index contributed by atoms with van der Waals surface area (Å²) in [7, 11) is 0. The highest BCUT2D eigenvalue weighted by Crippen LogP contribution is 2.35. The van der Waals surface area contributed by atoms with Crippen LogP contribution in [-0.4, -0.2) is 8.81 Å². The Labute approximate surface area is 100 Å². The van der Waals surface area contributed by atoms with E-state index >= 15 is 0 Å². The van der Waals surface area contributed by atoms with Crippen LogP contribution in [0.5, 0.6) is 5.75 Å². The van der Waals surface area contributed by atoms with Crippen LogP contribution in [0, 0.1) is 0 Å². The molecule has 72 valence electrons. The lowest BCUT2D eigenvalue weighted by Crippen LogP contribution is -2.29. The van der Waals surface area contributed by atoms with Crippen LogP contribution >= 0.6 is 50.7 Å². The van der Waals surface area contributed by atoms with Crippen LogP contribution in [0.15, 0.2) is 30.3 Å². The van der Waals surface area contributed by atoms with E-state index in [0.717, 1.165) is 0 Å². The summed E-state index contributed by atoms with van der Waals surface area (Å²) in [6, 6.07) is 8.98. The van der Waals surface area contributed by atoms with Crippen molar-refractivity contribution in [2.24, 2.45) is 0 Å². The number of ether oxygens (including phenoxy) is 1. The smallest absolute Gasteiger partial charge is 0.284 e. The fourth-order valence-electron chi connectivity index (χ4n) is 0.690. The van der Waals surface area contributed by atoms with Crippen LogP contribution in [-0.2, 0) is 0 Å². The van der Waals surface area contributed by atoms with Crippen molar-refractivity contribution in [1.82, 2.24) is 0 Å². The zero-order valence-corrected chi connectivity index (χ0v) is 10.2. The van der Waals surface area contributed by atoms with Crippen molar-refractivity contribution in [2.75, 3.05) is 0 Å². The summed E-state index contributed by atoms with van der Waals surface area (Å²) in [6.07, 6.45) is 0. The molecule has 1 atom stereocenters. The molecule has 0 saturated carbocycles. The van der Waals surface area contributed by atoms with Gasteiger partial charge in [0.25, 0.3) is 4.52 Å². The average Bonchev–Trinajstić information content (AvgIpc) is 2.05. The molecule has 0 bridgehead atoms. The highest BCUT2D eigenvalue weighted by Gasteiger charge is 2.34. The molecule has 0 fully saturated rings. The van der Waals surface area contributed by atoms with E-state index in [2.05, 4.69) is 15.9 Å². The Morgan fingerprint density at radius 3 is 2.23 bits per heavy atom. The largest absolute Gasteiger partial charge is 0.456 e. The van der Waals surface area contributed by atoms with Gasteiger partial charge in [-0.15, -0.1) is 11.6 Å². The van der Waals surface area contributed by atoms with E-state index < -0.39 is 8.81 Å². The topological polar surface area (TPSA) is 9.23 Å². The van der Waals surface area contributed by atoms with E-state index in [9.17, 15) is 0 Å². The van der Waals surface area contributed by atoms with Gasteiger partial charge in [-0.25, -0.2) is 0 Å². The van der Waals surface area contributed by atoms with E-state index in [4.69, 9.17) is 39.5 Å². The molecular weight excluding hydrogens is 298 g/mol. The monoisotopic (exact) mass is 302 g/mol. The molecular formula is C8H6BrCl3O. The molecule has 0 saturated heterocycles. The second-order valence-electron chi connectivity index (χ2n) is 2.28. The van der Waals surface area contributed by atoms with Crippen molar-refractivity contribution in [1.29, 1.82) is 0 Å². The molecule has 0 N–H and O–H groups in total. The molecule has 13 heavy (non-hydrogen) atoms. The van der Waals surface area contributed by atoms with E-state index in [1.165, 1.54) is 0 Å². The first-order valence-corrected chi connectivity index (χ1v) is 5.53. The number of para-hydroxylation sites is 1. The Morgan fingerprint density at radius 1 is 1.23 bits per heavy atom. The van der Waals surface area contributed by atoms with Crippen molar-refractivity contribution in [2.45, 2.75) is 8.81 Å². The molecule has 0 spiro atoms. The highest BCUT2D eigenvalue weighted by molar-refractivity contribution is 9.10. The van der Waals surface area contributed by atoms with Gasteiger partial charge in [-0.2, -0.15) is 0 Å². The van der Waals surface area contributed by atoms with Crippen LogP contribution < -0.4 is 4.74 Å². The van der Waals surface area contributed by atoms with Gasteiger partial charge in [0.1, 0.15) is 5.75 Å². The molecule has 0 aliphatic heterocycles. The van der Waals surface area contributed by atoms with Gasteiger partial charge < -0.3 is 4.74 Å². The Morgan fingerprint density at radius 2 is 1.77 bits per heavy atom. The van der Waals surface area contributed by atoms with Crippen molar-refractivity contribution in [3.05, 3.63) is 30.3 Å². The normalized spacial score (nSPS) is 13.8. The molecule has 1 nitrogen and oxygen atoms in total. The second-order valence-corrected chi connectivity index (χ2v) is 5.47. The average molecular weight is 304 g/mol. The lowest BCUT2D eigenvalue weighted by molar-refractivity contribution is 0.259. The predicted molar refractivity (Wildman–Crippen MR) is 60.1 cm³/mol. The Bertz CT molecular complexity index is 263. The van der Waals surface area contributed by atoms with Gasteiger partial charge in [-0.3, -0.25) is 0 Å². The van der Waals surface area contributed by atoms with Crippen molar-refractivity contribution in [3.8, 4) is 5.75 Å². The van der Waals surface area contributed by atoms with Crippen LogP contribution in [0.3, 0.4) is 0 Å². The fraction of sp³-hybridized carbons (Fsp3) is 0.250. The van der Waals surface area contributed by atoms with Gasteiger partial charge in [-0.1, -0.05) is 57.3 Å². The van der Waals surface area contributed by atoms with Crippen LogP contribution in [0.25, 0.3) is 0 Å². The standard InChI is InChI=1S/C8H6BrCl3O/c9-7(10)8(11,12)13-6-4-2-1-3-5-6/h1-5,7H. The number of halogens is 4. The Hall–Kier alpha value is 0.370. The van der Waals surface area contributed by atoms with Gasteiger partial charge >= 0.3 is 0 Å². The summed E-state index contributed by atoms with van der Waals surface area (Å²) in [5.74, 6) is 0.567. The Balaban J connectivity index is 2.69. The Kier molecular flexibility index (Phi) is 4.17. The van der Waals surface area contributed by atoms with Crippen LogP contribution in [0.4, 0.5) is 0 Å². The van der Waals surface area contributed by atoms with Crippen LogP contribution in [0.1, 0.15) is 0 Å². The molecule has 0 heterocycles. The number of benzene rings is 1. The molecule has 1 aromatic carbocycles. The van der Waals surface area contributed by atoms with E-state index in [0.29, 0.717) is 5.75 Å². The predicted octanol–water partition coefficient (Wildman–Crippen LogP) is 4.16. The van der Waals surface area contributed by atoms with E-state index in [1.54, 1.807) is 12.1 Å². The summed E-state index contributed by atoms with van der Waals surface area (Å²) >= 11 is 20.2. The molecule has 0 aliphatic carbocycles. The SMILES string of the molecule is ClC(Br)C(Cl)(Cl)Oc1ccccc1. The van der Waals surface area contributed by atoms with E-state index in [1.807, 2.05) is 18.2 Å². The zero-order chi connectivity index (χ0) is 9.90.